The maximum atomic E-state index is 15.0. The van der Waals surface area contributed by atoms with Crippen LogP contribution in [0.1, 0.15) is 138 Å². The highest BCUT2D eigenvalue weighted by Gasteiger charge is 2.58. The summed E-state index contributed by atoms with van der Waals surface area (Å²) in [5.74, 6) is 0.115. The molecule has 1 heterocycles. The Kier molecular flexibility index (Phi) is 13.5. The van der Waals surface area contributed by atoms with Crippen molar-refractivity contribution in [1.82, 2.24) is 4.90 Å². The number of amides is 1. The molecule has 0 aromatic heterocycles. The number of carbonyl (C=O) groups is 2. The molecule has 2 bridgehead atoms. The third-order valence-electron chi connectivity index (χ3n) is 13.7. The fourth-order valence-electron chi connectivity index (χ4n) is 10.2. The predicted molar refractivity (Wildman–Crippen MR) is 215 cm³/mol. The molecule has 8 atom stereocenters. The molecule has 3 fully saturated rings. The van der Waals surface area contributed by atoms with Crippen LogP contribution in [-0.2, 0) is 22.3 Å². The molecule has 0 radical (unpaired) electrons. The summed E-state index contributed by atoms with van der Waals surface area (Å²) >= 11 is 6.42. The zero-order valence-electron chi connectivity index (χ0n) is 33.6. The van der Waals surface area contributed by atoms with Crippen LogP contribution in [0.2, 0.25) is 5.02 Å². The highest BCUT2D eigenvalue weighted by molar-refractivity contribution is 6.31. The van der Waals surface area contributed by atoms with Crippen molar-refractivity contribution in [1.29, 1.82) is 0 Å². The molecular formula is C46H63ClFNO6. The lowest BCUT2D eigenvalue weighted by Gasteiger charge is -2.46. The molecule has 2 N–H and O–H groups in total. The predicted octanol–water partition coefficient (Wildman–Crippen LogP) is 10.0. The minimum atomic E-state index is -1.31. The lowest BCUT2D eigenvalue weighted by Crippen LogP contribution is -2.55. The second kappa shape index (κ2) is 17.8. The van der Waals surface area contributed by atoms with Gasteiger partial charge in [0.2, 0.25) is 0 Å². The van der Waals surface area contributed by atoms with E-state index in [1.807, 2.05) is 18.2 Å². The van der Waals surface area contributed by atoms with E-state index in [-0.39, 0.29) is 53.4 Å². The number of hydrogen-bond acceptors (Lipinski definition) is 6. The number of benzene rings is 2. The quantitative estimate of drug-likeness (QED) is 0.194. The minimum Gasteiger partial charge on any atom is -0.446 e. The van der Waals surface area contributed by atoms with Crippen molar-refractivity contribution in [2.24, 2.45) is 23.2 Å². The average molecular weight is 780 g/mol. The third kappa shape index (κ3) is 9.51. The summed E-state index contributed by atoms with van der Waals surface area (Å²) in [5, 5.41) is 24.3. The lowest BCUT2D eigenvalue weighted by atomic mass is 9.64. The Hall–Kier alpha value is -2.78. The second-order valence-corrected chi connectivity index (χ2v) is 18.4. The molecule has 9 heteroatoms. The first-order valence-electron chi connectivity index (χ1n) is 20.9. The van der Waals surface area contributed by atoms with E-state index in [9.17, 15) is 19.8 Å². The van der Waals surface area contributed by atoms with Gasteiger partial charge in [-0.2, -0.15) is 0 Å². The second-order valence-electron chi connectivity index (χ2n) is 18.0. The summed E-state index contributed by atoms with van der Waals surface area (Å²) in [6, 6.07) is 10.3. The van der Waals surface area contributed by atoms with Crippen molar-refractivity contribution < 1.29 is 33.7 Å². The SMILES string of the molecule is CC1=CCC[C@@]2(C)[C@@H](CC[C@@]2(O)CN(C[C@H]2CCCO2)C(=O)O[C@H]2C[C@@H](C)CC[C@@H]2C(C)C)c2ccc(cc2C(=O)Cc2c(F)cccc2Cl)C[C@@H](O)CC1. The third-order valence-corrected chi connectivity index (χ3v) is 14.1. The van der Waals surface area contributed by atoms with Crippen molar-refractivity contribution in [3.8, 4) is 0 Å². The van der Waals surface area contributed by atoms with Crippen molar-refractivity contribution in [3.05, 3.63) is 81.1 Å². The van der Waals surface area contributed by atoms with Crippen LogP contribution in [0.4, 0.5) is 9.18 Å². The number of ketones is 1. The number of aliphatic hydroxyl groups excluding tert-OH is 1. The molecule has 1 saturated heterocycles. The Morgan fingerprint density at radius 3 is 2.64 bits per heavy atom. The Morgan fingerprint density at radius 1 is 1.11 bits per heavy atom. The van der Waals surface area contributed by atoms with Crippen LogP contribution < -0.4 is 0 Å². The number of allylic oxidation sites excluding steroid dienone is 2. The molecular weight excluding hydrogens is 717 g/mol. The highest BCUT2D eigenvalue weighted by atomic mass is 35.5. The van der Waals surface area contributed by atoms with E-state index >= 15 is 4.39 Å². The molecule has 4 aliphatic carbocycles. The van der Waals surface area contributed by atoms with Crippen LogP contribution in [-0.4, -0.2) is 70.6 Å². The number of hydrogen-bond donors (Lipinski definition) is 2. The number of fused-ring (bicyclic) bond motifs is 8. The standard InChI is InChI=1S/C46H63ClFNO6/c1-29(2)35-17-14-31(4)23-43(35)55-44(52)49(27-34-10-8-22-54-34)28-46(53)21-19-39-36-18-15-32(24-33(50)16-13-30(3)9-7-20-45(39,46)5)25-37(36)42(51)26-38-40(47)11-6-12-41(38)48/h6,9,11-12,15,18,25,29,31,33-35,39,43,50,53H,7-8,10,13-14,16-17,19-24,26-28H2,1-5H3/t31-,33-,34+,35+,39-,43-,45-,46+/m0/s1. The van der Waals surface area contributed by atoms with E-state index in [4.69, 9.17) is 21.1 Å². The minimum absolute atomic E-state index is 0.0917. The van der Waals surface area contributed by atoms with Gasteiger partial charge < -0.3 is 24.6 Å². The Balaban J connectivity index is 1.37. The molecule has 2 aromatic carbocycles. The maximum absolute atomic E-state index is 15.0. The topological polar surface area (TPSA) is 96.3 Å². The van der Waals surface area contributed by atoms with Gasteiger partial charge in [-0.05, 0) is 131 Å². The van der Waals surface area contributed by atoms with Gasteiger partial charge in [0.05, 0.1) is 30.9 Å². The molecule has 5 aliphatic rings. The van der Waals surface area contributed by atoms with Crippen molar-refractivity contribution in [2.75, 3.05) is 19.7 Å². The van der Waals surface area contributed by atoms with Crippen LogP contribution in [0, 0.1) is 29.0 Å². The fraction of sp³-hybridized carbons (Fsp3) is 0.652. The first-order chi connectivity index (χ1) is 26.2. The summed E-state index contributed by atoms with van der Waals surface area (Å²) in [4.78, 5) is 30.5. The van der Waals surface area contributed by atoms with Gasteiger partial charge in [0.15, 0.2) is 5.78 Å². The van der Waals surface area contributed by atoms with Gasteiger partial charge in [0.25, 0.3) is 0 Å². The molecule has 1 amide bonds. The molecule has 7 rings (SSSR count). The van der Waals surface area contributed by atoms with Crippen molar-refractivity contribution >= 4 is 23.5 Å². The van der Waals surface area contributed by atoms with E-state index in [1.165, 1.54) is 17.7 Å². The molecule has 7 nitrogen and oxygen atoms in total. The van der Waals surface area contributed by atoms with Gasteiger partial charge in [-0.3, -0.25) is 4.79 Å². The van der Waals surface area contributed by atoms with E-state index < -0.39 is 29.0 Å². The van der Waals surface area contributed by atoms with E-state index in [0.29, 0.717) is 69.1 Å². The number of ether oxygens (including phenoxy) is 2. The molecule has 1 aliphatic heterocycles. The number of aliphatic hydroxyl groups is 2. The van der Waals surface area contributed by atoms with Crippen LogP contribution in [0.3, 0.4) is 0 Å². The van der Waals surface area contributed by atoms with Crippen LogP contribution in [0.15, 0.2) is 48.0 Å². The normalized spacial score (nSPS) is 31.5. The first-order valence-corrected chi connectivity index (χ1v) is 21.3. The zero-order valence-corrected chi connectivity index (χ0v) is 34.4. The lowest BCUT2D eigenvalue weighted by molar-refractivity contribution is -0.0908. The maximum Gasteiger partial charge on any atom is 0.410 e. The molecule has 2 saturated carbocycles. The van der Waals surface area contributed by atoms with Gasteiger partial charge in [0, 0.05) is 34.6 Å². The van der Waals surface area contributed by atoms with E-state index in [2.05, 4.69) is 40.7 Å². The number of carbonyl (C=O) groups excluding carboxylic acids is 2. The van der Waals surface area contributed by atoms with Gasteiger partial charge in [-0.1, -0.05) is 75.6 Å². The summed E-state index contributed by atoms with van der Waals surface area (Å²) in [5.41, 5.74) is 1.38. The van der Waals surface area contributed by atoms with E-state index in [1.54, 1.807) is 11.0 Å². The molecule has 302 valence electrons. The first kappa shape index (κ1) is 41.8. The summed E-state index contributed by atoms with van der Waals surface area (Å²) in [7, 11) is 0. The van der Waals surface area contributed by atoms with Crippen LogP contribution in [0.5, 0.6) is 0 Å². The van der Waals surface area contributed by atoms with Crippen LogP contribution in [0.25, 0.3) is 0 Å². The summed E-state index contributed by atoms with van der Waals surface area (Å²) in [6.45, 7) is 11.9. The van der Waals surface area contributed by atoms with Gasteiger partial charge in [-0.25, -0.2) is 9.18 Å². The Labute approximate surface area is 333 Å². The molecule has 0 spiro atoms. The van der Waals surface area contributed by atoms with Gasteiger partial charge >= 0.3 is 6.09 Å². The Bertz CT molecular complexity index is 1690. The number of rotatable bonds is 9. The molecule has 2 aromatic rings. The molecule has 55 heavy (non-hydrogen) atoms. The monoisotopic (exact) mass is 779 g/mol. The smallest absolute Gasteiger partial charge is 0.410 e. The summed E-state index contributed by atoms with van der Waals surface area (Å²) in [6.07, 6.45) is 9.52. The van der Waals surface area contributed by atoms with Crippen molar-refractivity contribution in [3.63, 3.8) is 0 Å². The number of Topliss-reactive ketones (excluding diaryl/α,β-unsaturated/α-hetero) is 1. The zero-order chi connectivity index (χ0) is 39.5. The number of halogens is 2. The van der Waals surface area contributed by atoms with Gasteiger partial charge in [0.1, 0.15) is 11.9 Å². The van der Waals surface area contributed by atoms with E-state index in [0.717, 1.165) is 49.7 Å². The largest absolute Gasteiger partial charge is 0.446 e. The van der Waals surface area contributed by atoms with Gasteiger partial charge in [-0.15, -0.1) is 0 Å². The number of nitrogens with zero attached hydrogens (tertiary/aromatic N) is 1. The summed E-state index contributed by atoms with van der Waals surface area (Å²) < 4.78 is 27.5. The highest BCUT2D eigenvalue weighted by Crippen LogP contribution is 2.59. The fourth-order valence-corrected chi connectivity index (χ4v) is 10.4. The molecule has 0 unspecified atom stereocenters. The Morgan fingerprint density at radius 2 is 1.91 bits per heavy atom. The van der Waals surface area contributed by atoms with Crippen LogP contribution >= 0.6 is 11.6 Å². The van der Waals surface area contributed by atoms with Crippen molar-refractivity contribution in [2.45, 2.75) is 148 Å². The average Bonchev–Trinajstić information content (AvgIpc) is 3.73.